The van der Waals surface area contributed by atoms with Gasteiger partial charge in [0.05, 0.1) is 16.7 Å². The maximum Gasteiger partial charge on any atom is 0.217 e. The Hall–Kier alpha value is -3.61. The van der Waals surface area contributed by atoms with Gasteiger partial charge < -0.3 is 14.6 Å². The molecule has 2 aromatic carbocycles. The number of hydrogen-bond donors (Lipinski definition) is 0. The number of pyridine rings is 1. The van der Waals surface area contributed by atoms with Crippen LogP contribution in [0.15, 0.2) is 85.3 Å². The molecule has 0 N–H and O–H groups in total. The zero-order valence-corrected chi connectivity index (χ0v) is 18.9. The summed E-state index contributed by atoms with van der Waals surface area (Å²) < 4.78 is 4.21. The van der Waals surface area contributed by atoms with E-state index in [-0.39, 0.29) is 20.1 Å². The minimum Gasteiger partial charge on any atom is -0.421 e. The first-order valence-electron chi connectivity index (χ1n) is 9.46. The van der Waals surface area contributed by atoms with E-state index in [2.05, 4.69) is 52.3 Å². The molecule has 0 unspecified atom stereocenters. The molecule has 8 heteroatoms. The second kappa shape index (κ2) is 9.04. The summed E-state index contributed by atoms with van der Waals surface area (Å²) in [5.74, 6) is 2.18. The molecule has 0 fully saturated rings. The van der Waals surface area contributed by atoms with Crippen molar-refractivity contribution in [2.45, 2.75) is 6.92 Å². The van der Waals surface area contributed by atoms with Crippen LogP contribution in [-0.4, -0.2) is 29.0 Å². The van der Waals surface area contributed by atoms with E-state index in [4.69, 9.17) is 0 Å². The average molecular weight is 584 g/mol. The van der Waals surface area contributed by atoms with Gasteiger partial charge in [0.2, 0.25) is 5.78 Å². The number of aryl methyl sites for hydroxylation is 1. The quantitative estimate of drug-likeness (QED) is 0.290. The van der Waals surface area contributed by atoms with Gasteiger partial charge in [-0.3, -0.25) is 14.5 Å². The number of aromatic nitrogens is 7. The summed E-state index contributed by atoms with van der Waals surface area (Å²) in [5.41, 5.74) is 4.07. The smallest absolute Gasteiger partial charge is 0.217 e. The first-order chi connectivity index (χ1) is 14.8. The van der Waals surface area contributed by atoms with Gasteiger partial charge in [0.15, 0.2) is 0 Å². The molecule has 7 nitrogen and oxygen atoms in total. The monoisotopic (exact) mass is 584 g/mol. The van der Waals surface area contributed by atoms with Crippen molar-refractivity contribution >= 4 is 16.8 Å². The zero-order chi connectivity index (χ0) is 20.3. The third-order valence-electron chi connectivity index (χ3n) is 4.59. The van der Waals surface area contributed by atoms with Crippen molar-refractivity contribution in [2.24, 2.45) is 0 Å². The fraction of sp³-hybridized carbons (Fsp3) is 0.0435. The van der Waals surface area contributed by atoms with Crippen LogP contribution in [0.1, 0.15) is 5.82 Å². The zero-order valence-electron chi connectivity index (χ0n) is 16.5. The van der Waals surface area contributed by atoms with Gasteiger partial charge in [-0.05, 0) is 37.0 Å². The van der Waals surface area contributed by atoms with E-state index in [0.29, 0.717) is 11.6 Å². The van der Waals surface area contributed by atoms with Crippen LogP contribution in [0.3, 0.4) is 0 Å². The van der Waals surface area contributed by atoms with Crippen LogP contribution in [0.5, 0.6) is 0 Å². The van der Waals surface area contributed by atoms with Crippen LogP contribution in [0, 0.1) is 13.0 Å². The summed E-state index contributed by atoms with van der Waals surface area (Å²) >= 11 is 0. The Kier molecular flexibility index (Phi) is 6.02. The van der Waals surface area contributed by atoms with Crippen molar-refractivity contribution in [1.82, 2.24) is 34.1 Å². The number of rotatable bonds is 2. The molecule has 4 aromatic heterocycles. The summed E-state index contributed by atoms with van der Waals surface area (Å²) in [7, 11) is 0. The molecule has 0 saturated heterocycles. The Morgan fingerprint density at radius 3 is 2.39 bits per heavy atom. The topological polar surface area (TPSA) is 75.0 Å². The van der Waals surface area contributed by atoms with Gasteiger partial charge in [0.25, 0.3) is 0 Å². The van der Waals surface area contributed by atoms with E-state index in [1.165, 1.54) is 0 Å². The summed E-state index contributed by atoms with van der Waals surface area (Å²) in [6, 6.07) is 25.1. The SMILES string of the molecule is Cc1n[n-]c(-c2ccccn2)n1.[Ir].[c-]1ccccc1-n1c2ccccc2n2ccnc12. The summed E-state index contributed by atoms with van der Waals surface area (Å²) in [6.07, 6.45) is 5.51. The molecule has 0 aliphatic carbocycles. The fourth-order valence-electron chi connectivity index (χ4n) is 3.30. The minimum atomic E-state index is 0. The fourth-order valence-corrected chi connectivity index (χ4v) is 3.30. The first kappa shape index (κ1) is 20.7. The van der Waals surface area contributed by atoms with Gasteiger partial charge in [0, 0.05) is 44.5 Å². The van der Waals surface area contributed by atoms with Crippen LogP contribution in [0.25, 0.3) is 34.0 Å². The molecule has 0 amide bonds. The predicted molar refractivity (Wildman–Crippen MR) is 114 cm³/mol. The largest absolute Gasteiger partial charge is 0.421 e. The molecule has 0 saturated carbocycles. The van der Waals surface area contributed by atoms with Crippen molar-refractivity contribution < 1.29 is 20.1 Å². The Morgan fingerprint density at radius 1 is 0.871 bits per heavy atom. The van der Waals surface area contributed by atoms with Crippen molar-refractivity contribution in [1.29, 1.82) is 0 Å². The first-order valence-corrected chi connectivity index (χ1v) is 9.46. The maximum atomic E-state index is 4.44. The molecule has 0 aliphatic heterocycles. The predicted octanol–water partition coefficient (Wildman–Crippen LogP) is 3.88. The standard InChI is InChI=1S/C15H10N3.C8H7N4.Ir/c1-2-6-12(7-3-1)18-14-9-5-4-8-13(14)17-11-10-16-15(17)18;1-6-10-8(12-11-6)7-4-2-3-5-9-7;/h1-6,8-11H;2-5H,1H3;/q2*-1;. The Bertz CT molecular complexity index is 1400. The van der Waals surface area contributed by atoms with Crippen LogP contribution in [-0.2, 0) is 20.1 Å². The number of fused-ring (bicyclic) bond motifs is 3. The van der Waals surface area contributed by atoms with Crippen LogP contribution < -0.4 is 5.10 Å². The number of hydrogen-bond acceptors (Lipinski definition) is 4. The summed E-state index contributed by atoms with van der Waals surface area (Å²) in [4.78, 5) is 12.6. The van der Waals surface area contributed by atoms with Crippen molar-refractivity contribution in [3.63, 3.8) is 0 Å². The molecule has 155 valence electrons. The van der Waals surface area contributed by atoms with Gasteiger partial charge in [-0.15, -0.1) is 6.07 Å². The van der Waals surface area contributed by atoms with E-state index in [9.17, 15) is 0 Å². The normalized spacial score (nSPS) is 10.5. The van der Waals surface area contributed by atoms with E-state index >= 15 is 0 Å². The number of nitrogens with zero attached hydrogens (tertiary/aromatic N) is 7. The average Bonchev–Trinajstić information content (AvgIpc) is 3.51. The van der Waals surface area contributed by atoms with Gasteiger partial charge in [0.1, 0.15) is 0 Å². The second-order valence-electron chi connectivity index (χ2n) is 6.57. The van der Waals surface area contributed by atoms with E-state index in [0.717, 1.165) is 28.2 Å². The van der Waals surface area contributed by atoms with Crippen LogP contribution in [0.2, 0.25) is 0 Å². The summed E-state index contributed by atoms with van der Waals surface area (Å²) in [5, 5.41) is 7.65. The van der Waals surface area contributed by atoms with Crippen LogP contribution in [0.4, 0.5) is 0 Å². The van der Waals surface area contributed by atoms with E-state index < -0.39 is 0 Å². The molecule has 0 atom stereocenters. The molecule has 1 radical (unpaired) electrons. The van der Waals surface area contributed by atoms with Gasteiger partial charge in [-0.2, -0.15) is 24.3 Å². The Balaban J connectivity index is 0.000000156. The maximum absolute atomic E-state index is 4.44. The van der Waals surface area contributed by atoms with Crippen molar-refractivity contribution in [3.8, 4) is 17.2 Å². The molecule has 0 bridgehead atoms. The molecule has 6 rings (SSSR count). The van der Waals surface area contributed by atoms with Crippen molar-refractivity contribution in [2.75, 3.05) is 0 Å². The van der Waals surface area contributed by atoms with E-state index in [1.54, 1.807) is 13.1 Å². The molecule has 0 spiro atoms. The number of imidazole rings is 2. The third kappa shape index (κ3) is 4.03. The molecule has 4 heterocycles. The van der Waals surface area contributed by atoms with E-state index in [1.807, 2.05) is 67.0 Å². The molecular weight excluding hydrogens is 567 g/mol. The molecular formula is C23H17IrN7-2. The molecule has 31 heavy (non-hydrogen) atoms. The Labute approximate surface area is 192 Å². The number of para-hydroxylation sites is 3. The third-order valence-corrected chi connectivity index (χ3v) is 4.59. The van der Waals surface area contributed by atoms with Crippen molar-refractivity contribution in [3.05, 3.63) is 97.2 Å². The Morgan fingerprint density at radius 2 is 1.68 bits per heavy atom. The van der Waals surface area contributed by atoms with Gasteiger partial charge >= 0.3 is 0 Å². The molecule has 0 aliphatic rings. The molecule has 6 aromatic rings. The second-order valence-corrected chi connectivity index (χ2v) is 6.57. The van der Waals surface area contributed by atoms with Crippen LogP contribution >= 0.6 is 0 Å². The summed E-state index contributed by atoms with van der Waals surface area (Å²) in [6.45, 7) is 1.80. The van der Waals surface area contributed by atoms with Gasteiger partial charge in [-0.25, -0.2) is 4.98 Å². The van der Waals surface area contributed by atoms with Gasteiger partial charge in [-0.1, -0.05) is 23.9 Å². The minimum absolute atomic E-state index is 0. The number of benzene rings is 2.